The van der Waals surface area contributed by atoms with Crippen LogP contribution in [0.4, 0.5) is 24.5 Å². The van der Waals surface area contributed by atoms with Gasteiger partial charge in [-0.25, -0.2) is 0 Å². The number of nitrogens with one attached hydrogen (secondary N) is 1. The summed E-state index contributed by atoms with van der Waals surface area (Å²) in [5.74, 6) is -0.568. The Balaban J connectivity index is 3.28. The van der Waals surface area contributed by atoms with Gasteiger partial charge in [0, 0.05) is 13.1 Å². The second-order valence-corrected chi connectivity index (χ2v) is 4.65. The fraction of sp³-hybridized carbons (Fsp3) is 0.400. The van der Waals surface area contributed by atoms with Crippen LogP contribution in [0, 0.1) is 0 Å². The molecule has 3 N–H and O–H groups in total. The molecule has 128 valence electrons. The van der Waals surface area contributed by atoms with Crippen molar-refractivity contribution in [1.29, 1.82) is 0 Å². The number of alkyl halides is 3. The van der Waals surface area contributed by atoms with Crippen molar-refractivity contribution in [2.75, 3.05) is 36.5 Å². The summed E-state index contributed by atoms with van der Waals surface area (Å²) in [6.07, 6.45) is -1.90. The molecule has 0 saturated heterocycles. The third-order valence-electron chi connectivity index (χ3n) is 2.98. The first kappa shape index (κ1) is 19.0. The third kappa shape index (κ3) is 5.57. The maximum atomic E-state index is 12.9. The minimum absolute atomic E-state index is 0.0372. The maximum absolute atomic E-state index is 12.9. The number of hydrogen-bond acceptors (Lipinski definition) is 4. The van der Waals surface area contributed by atoms with Crippen molar-refractivity contribution in [2.24, 2.45) is 0 Å². The van der Waals surface area contributed by atoms with Crippen molar-refractivity contribution < 1.29 is 28.2 Å². The monoisotopic (exact) mass is 332 g/mol. The fourth-order valence-corrected chi connectivity index (χ4v) is 2.01. The van der Waals surface area contributed by atoms with Gasteiger partial charge in [-0.05, 0) is 31.2 Å². The van der Waals surface area contributed by atoms with E-state index in [2.05, 4.69) is 5.32 Å². The molecule has 0 aromatic heterocycles. The molecule has 0 aliphatic carbocycles. The van der Waals surface area contributed by atoms with E-state index in [1.165, 1.54) is 23.1 Å². The van der Waals surface area contributed by atoms with Gasteiger partial charge < -0.3 is 20.4 Å². The first-order chi connectivity index (χ1) is 10.8. The van der Waals surface area contributed by atoms with E-state index >= 15 is 0 Å². The molecule has 0 saturated carbocycles. The van der Waals surface area contributed by atoms with Crippen LogP contribution in [-0.2, 0) is 11.0 Å². The Kier molecular flexibility index (Phi) is 7.05. The summed E-state index contributed by atoms with van der Waals surface area (Å²) in [7, 11) is 0. The summed E-state index contributed by atoms with van der Waals surface area (Å²) < 4.78 is 38.6. The van der Waals surface area contributed by atoms with Gasteiger partial charge in [0.15, 0.2) is 0 Å². The number of amides is 1. The van der Waals surface area contributed by atoms with Crippen molar-refractivity contribution in [3.8, 4) is 0 Å². The number of carbonyl (C=O) groups excluding carboxylic acids is 1. The number of hydrogen-bond donors (Lipinski definition) is 3. The molecule has 0 heterocycles. The molecular weight excluding hydrogens is 313 g/mol. The number of anilines is 2. The van der Waals surface area contributed by atoms with E-state index in [9.17, 15) is 18.0 Å². The summed E-state index contributed by atoms with van der Waals surface area (Å²) in [6.45, 7) is 1.33. The molecule has 0 atom stereocenters. The van der Waals surface area contributed by atoms with E-state index in [0.717, 1.165) is 12.1 Å². The molecule has 0 bridgehead atoms. The zero-order valence-electron chi connectivity index (χ0n) is 12.6. The molecule has 0 aliphatic heterocycles. The summed E-state index contributed by atoms with van der Waals surface area (Å²) >= 11 is 0. The van der Waals surface area contributed by atoms with Gasteiger partial charge in [0.25, 0.3) is 0 Å². The number of rotatable bonds is 7. The molecular formula is C15H19F3N2O3. The van der Waals surface area contributed by atoms with Crippen LogP contribution in [0.1, 0.15) is 12.5 Å². The van der Waals surface area contributed by atoms with E-state index in [0.29, 0.717) is 5.69 Å². The average molecular weight is 332 g/mol. The lowest BCUT2D eigenvalue weighted by Crippen LogP contribution is -2.30. The van der Waals surface area contributed by atoms with Gasteiger partial charge in [0.2, 0.25) is 5.91 Å². The standard InChI is InChI=1S/C15H19F3N2O3/c1-2-3-14(23)19-12-10-11(15(16,17)18)4-5-13(12)20(6-8-21)7-9-22/h2-5,10,21-22H,6-9H2,1H3,(H,19,23)/b3-2+. The average Bonchev–Trinajstić information content (AvgIpc) is 2.46. The molecule has 0 unspecified atom stereocenters. The van der Waals surface area contributed by atoms with E-state index in [4.69, 9.17) is 10.2 Å². The Hall–Kier alpha value is -2.06. The molecule has 1 aromatic rings. The Morgan fingerprint density at radius 3 is 2.35 bits per heavy atom. The molecule has 1 aromatic carbocycles. The van der Waals surface area contributed by atoms with Crippen LogP contribution in [0.5, 0.6) is 0 Å². The van der Waals surface area contributed by atoms with Crippen LogP contribution in [-0.4, -0.2) is 42.4 Å². The summed E-state index contributed by atoms with van der Waals surface area (Å²) in [5, 5.41) is 20.5. The number of allylic oxidation sites excluding steroid dienone is 1. The van der Waals surface area contributed by atoms with Crippen molar-refractivity contribution >= 4 is 17.3 Å². The highest BCUT2D eigenvalue weighted by atomic mass is 19.4. The number of nitrogens with zero attached hydrogens (tertiary/aromatic N) is 1. The van der Waals surface area contributed by atoms with Crippen molar-refractivity contribution in [1.82, 2.24) is 0 Å². The molecule has 0 radical (unpaired) electrons. The summed E-state index contributed by atoms with van der Waals surface area (Å²) in [4.78, 5) is 13.2. The van der Waals surface area contributed by atoms with Crippen LogP contribution >= 0.6 is 0 Å². The van der Waals surface area contributed by atoms with Crippen LogP contribution in [0.15, 0.2) is 30.4 Å². The lowest BCUT2D eigenvalue weighted by Gasteiger charge is -2.26. The van der Waals surface area contributed by atoms with Gasteiger partial charge in [-0.15, -0.1) is 0 Å². The number of halogens is 3. The second-order valence-electron chi connectivity index (χ2n) is 4.65. The van der Waals surface area contributed by atoms with Gasteiger partial charge in [-0.3, -0.25) is 4.79 Å². The zero-order chi connectivity index (χ0) is 17.5. The van der Waals surface area contributed by atoms with E-state index in [-0.39, 0.29) is 32.0 Å². The second kappa shape index (κ2) is 8.54. The van der Waals surface area contributed by atoms with Crippen molar-refractivity contribution in [3.63, 3.8) is 0 Å². The number of aliphatic hydroxyl groups is 2. The molecule has 23 heavy (non-hydrogen) atoms. The molecule has 8 heteroatoms. The topological polar surface area (TPSA) is 72.8 Å². The van der Waals surface area contributed by atoms with E-state index in [1.54, 1.807) is 6.92 Å². The lowest BCUT2D eigenvalue weighted by atomic mass is 10.1. The molecule has 5 nitrogen and oxygen atoms in total. The first-order valence-electron chi connectivity index (χ1n) is 6.95. The largest absolute Gasteiger partial charge is 0.416 e. The van der Waals surface area contributed by atoms with Gasteiger partial charge in [-0.2, -0.15) is 13.2 Å². The lowest BCUT2D eigenvalue weighted by molar-refractivity contribution is -0.137. The van der Waals surface area contributed by atoms with Crippen molar-refractivity contribution in [3.05, 3.63) is 35.9 Å². The predicted molar refractivity (Wildman–Crippen MR) is 81.3 cm³/mol. The number of aliphatic hydroxyl groups excluding tert-OH is 2. The Morgan fingerprint density at radius 1 is 1.26 bits per heavy atom. The molecule has 0 aliphatic rings. The van der Waals surface area contributed by atoms with Gasteiger partial charge in [0.05, 0.1) is 30.2 Å². The Labute approximate surface area is 132 Å². The molecule has 1 amide bonds. The molecule has 0 fully saturated rings. The van der Waals surface area contributed by atoms with E-state index in [1.807, 2.05) is 0 Å². The fourth-order valence-electron chi connectivity index (χ4n) is 2.01. The minimum atomic E-state index is -4.54. The minimum Gasteiger partial charge on any atom is -0.395 e. The SMILES string of the molecule is C/C=C/C(=O)Nc1cc(C(F)(F)F)ccc1N(CCO)CCO. The van der Waals surface area contributed by atoms with Crippen molar-refractivity contribution in [2.45, 2.75) is 13.1 Å². The number of benzene rings is 1. The van der Waals surface area contributed by atoms with Crippen LogP contribution in [0.25, 0.3) is 0 Å². The van der Waals surface area contributed by atoms with Crippen LogP contribution in [0.2, 0.25) is 0 Å². The third-order valence-corrected chi connectivity index (χ3v) is 2.98. The molecule has 0 spiro atoms. The first-order valence-corrected chi connectivity index (χ1v) is 6.95. The number of carbonyl (C=O) groups is 1. The smallest absolute Gasteiger partial charge is 0.395 e. The summed E-state index contributed by atoms with van der Waals surface area (Å²) in [5.41, 5.74) is -0.645. The summed E-state index contributed by atoms with van der Waals surface area (Å²) in [6, 6.07) is 2.93. The Bertz CT molecular complexity index is 553. The van der Waals surface area contributed by atoms with Gasteiger partial charge >= 0.3 is 6.18 Å². The highest BCUT2D eigenvalue weighted by Crippen LogP contribution is 2.35. The highest BCUT2D eigenvalue weighted by molar-refractivity contribution is 6.01. The predicted octanol–water partition coefficient (Wildman–Crippen LogP) is 2.01. The normalized spacial score (nSPS) is 11.7. The van der Waals surface area contributed by atoms with Gasteiger partial charge in [-0.1, -0.05) is 6.08 Å². The molecule has 1 rings (SSSR count). The zero-order valence-corrected chi connectivity index (χ0v) is 12.6. The van der Waals surface area contributed by atoms with Gasteiger partial charge in [0.1, 0.15) is 0 Å². The van der Waals surface area contributed by atoms with Crippen LogP contribution < -0.4 is 10.2 Å². The highest BCUT2D eigenvalue weighted by Gasteiger charge is 2.31. The Morgan fingerprint density at radius 2 is 1.87 bits per heavy atom. The maximum Gasteiger partial charge on any atom is 0.416 e. The van der Waals surface area contributed by atoms with E-state index < -0.39 is 17.6 Å². The quantitative estimate of drug-likeness (QED) is 0.668. The van der Waals surface area contributed by atoms with Crippen LogP contribution in [0.3, 0.4) is 0 Å².